The van der Waals surface area contributed by atoms with Crippen LogP contribution in [0.15, 0.2) is 23.4 Å². The fraction of sp³-hybridized carbons (Fsp3) is 0.533. The fourth-order valence-electron chi connectivity index (χ4n) is 2.68. The van der Waals surface area contributed by atoms with Gasteiger partial charge in [0.15, 0.2) is 5.84 Å². The predicted octanol–water partition coefficient (Wildman–Crippen LogP) is 2.59. The molecule has 2 rings (SSSR count). The summed E-state index contributed by atoms with van der Waals surface area (Å²) < 4.78 is 13.3. The van der Waals surface area contributed by atoms with Gasteiger partial charge in [0.25, 0.3) is 0 Å². The van der Waals surface area contributed by atoms with Crippen LogP contribution < -0.4 is 11.1 Å². The zero-order valence-electron chi connectivity index (χ0n) is 11.8. The molecule has 0 amide bonds. The molecule has 1 aromatic carbocycles. The van der Waals surface area contributed by atoms with Crippen LogP contribution in [0.3, 0.4) is 0 Å². The Hall–Kier alpha value is -1.62. The van der Waals surface area contributed by atoms with E-state index in [1.54, 1.807) is 6.07 Å². The van der Waals surface area contributed by atoms with E-state index in [1.807, 2.05) is 0 Å². The van der Waals surface area contributed by atoms with Crippen LogP contribution in [0.4, 0.5) is 4.39 Å². The van der Waals surface area contributed by atoms with Crippen LogP contribution in [0.2, 0.25) is 0 Å². The van der Waals surface area contributed by atoms with E-state index in [1.165, 1.54) is 37.8 Å². The van der Waals surface area contributed by atoms with Crippen molar-refractivity contribution >= 4 is 5.84 Å². The van der Waals surface area contributed by atoms with Crippen LogP contribution in [0.25, 0.3) is 0 Å². The number of hydrogen-bond donors (Lipinski definition) is 3. The molecular formula is C15H22FN3O. The number of halogens is 1. The maximum atomic E-state index is 13.3. The van der Waals surface area contributed by atoms with Crippen molar-refractivity contribution < 1.29 is 9.60 Å². The first-order valence-corrected chi connectivity index (χ1v) is 7.07. The van der Waals surface area contributed by atoms with Gasteiger partial charge in [-0.2, -0.15) is 0 Å². The molecule has 5 heteroatoms. The zero-order chi connectivity index (χ0) is 14.6. The number of nitrogens with zero attached hydrogens (tertiary/aromatic N) is 1. The Morgan fingerprint density at radius 1 is 1.50 bits per heavy atom. The molecule has 1 aliphatic carbocycles. The molecule has 1 fully saturated rings. The van der Waals surface area contributed by atoms with Gasteiger partial charge in [0.05, 0.1) is 0 Å². The summed E-state index contributed by atoms with van der Waals surface area (Å²) in [6, 6.07) is 4.37. The quantitative estimate of drug-likeness (QED) is 0.311. The molecule has 0 unspecified atom stereocenters. The minimum atomic E-state index is -0.389. The van der Waals surface area contributed by atoms with E-state index in [0.29, 0.717) is 17.5 Å². The monoisotopic (exact) mass is 279 g/mol. The smallest absolute Gasteiger partial charge is 0.170 e. The van der Waals surface area contributed by atoms with Crippen molar-refractivity contribution in [3.05, 3.63) is 35.1 Å². The second-order valence-corrected chi connectivity index (χ2v) is 5.64. The molecule has 0 atom stereocenters. The van der Waals surface area contributed by atoms with E-state index in [9.17, 15) is 4.39 Å². The van der Waals surface area contributed by atoms with E-state index in [-0.39, 0.29) is 11.7 Å². The lowest BCUT2D eigenvalue weighted by atomic mass is 10.0. The summed E-state index contributed by atoms with van der Waals surface area (Å²) in [5.41, 5.74) is 7.34. The average Bonchev–Trinajstić information content (AvgIpc) is 3.20. The van der Waals surface area contributed by atoms with Crippen LogP contribution in [0, 0.1) is 11.2 Å². The Kier molecular flexibility index (Phi) is 4.60. The first-order valence-electron chi connectivity index (χ1n) is 7.07. The molecule has 4 nitrogen and oxygen atoms in total. The Labute approximate surface area is 118 Å². The summed E-state index contributed by atoms with van der Waals surface area (Å²) in [5, 5.41) is 15.1. The maximum absolute atomic E-state index is 13.3. The lowest BCUT2D eigenvalue weighted by Gasteiger charge is -2.16. The summed E-state index contributed by atoms with van der Waals surface area (Å²) in [6.07, 6.45) is 5.01. The van der Waals surface area contributed by atoms with Crippen LogP contribution in [0.5, 0.6) is 0 Å². The van der Waals surface area contributed by atoms with E-state index in [4.69, 9.17) is 10.9 Å². The number of oxime groups is 1. The highest BCUT2D eigenvalue weighted by Gasteiger charge is 2.40. The highest BCUT2D eigenvalue weighted by molar-refractivity contribution is 5.98. The standard InChI is InChI=1S/C15H22FN3O/c1-2-5-15(6-7-15)10-18-9-11-3-4-12(16)8-13(11)14(17)19-20/h3-4,8,18,20H,2,5-7,9-10H2,1H3,(H2,17,19). The number of rotatable bonds is 7. The van der Waals surface area contributed by atoms with Crippen molar-refractivity contribution in [1.82, 2.24) is 5.32 Å². The van der Waals surface area contributed by atoms with E-state index in [0.717, 1.165) is 12.1 Å². The highest BCUT2D eigenvalue weighted by Crippen LogP contribution is 2.48. The van der Waals surface area contributed by atoms with Crippen molar-refractivity contribution in [3.63, 3.8) is 0 Å². The average molecular weight is 279 g/mol. The largest absolute Gasteiger partial charge is 0.409 e. The van der Waals surface area contributed by atoms with Gasteiger partial charge >= 0.3 is 0 Å². The van der Waals surface area contributed by atoms with Crippen LogP contribution in [-0.2, 0) is 6.54 Å². The van der Waals surface area contributed by atoms with Gasteiger partial charge in [-0.15, -0.1) is 0 Å². The maximum Gasteiger partial charge on any atom is 0.170 e. The summed E-state index contributed by atoms with van der Waals surface area (Å²) in [7, 11) is 0. The Bertz CT molecular complexity index is 498. The number of benzene rings is 1. The molecule has 20 heavy (non-hydrogen) atoms. The van der Waals surface area contributed by atoms with Gasteiger partial charge in [0.2, 0.25) is 0 Å². The molecule has 0 bridgehead atoms. The molecular weight excluding hydrogens is 257 g/mol. The van der Waals surface area contributed by atoms with Crippen LogP contribution in [-0.4, -0.2) is 17.6 Å². The molecule has 0 aliphatic heterocycles. The Balaban J connectivity index is 1.99. The third-order valence-corrected chi connectivity index (χ3v) is 4.01. The molecule has 1 saturated carbocycles. The van der Waals surface area contributed by atoms with Crippen molar-refractivity contribution in [2.75, 3.05) is 6.54 Å². The molecule has 110 valence electrons. The zero-order valence-corrected chi connectivity index (χ0v) is 11.8. The number of amidine groups is 1. The van der Waals surface area contributed by atoms with Gasteiger partial charge in [-0.25, -0.2) is 4.39 Å². The lowest BCUT2D eigenvalue weighted by Crippen LogP contribution is -2.25. The molecule has 4 N–H and O–H groups in total. The van der Waals surface area contributed by atoms with E-state index >= 15 is 0 Å². The minimum Gasteiger partial charge on any atom is -0.409 e. The number of nitrogens with two attached hydrogens (primary N) is 1. The first kappa shape index (κ1) is 14.8. The van der Waals surface area contributed by atoms with Gasteiger partial charge in [-0.05, 0) is 42.4 Å². The third-order valence-electron chi connectivity index (χ3n) is 4.01. The third kappa shape index (κ3) is 3.48. The van der Waals surface area contributed by atoms with Gasteiger partial charge < -0.3 is 16.3 Å². The molecule has 1 aliphatic rings. The predicted molar refractivity (Wildman–Crippen MR) is 77.2 cm³/mol. The normalized spacial score (nSPS) is 17.2. The molecule has 0 spiro atoms. The van der Waals surface area contributed by atoms with E-state index in [2.05, 4.69) is 17.4 Å². The van der Waals surface area contributed by atoms with Crippen LogP contribution in [0.1, 0.15) is 43.7 Å². The number of nitrogens with one attached hydrogen (secondary N) is 1. The van der Waals surface area contributed by atoms with Gasteiger partial charge in [0, 0.05) is 18.7 Å². The SMILES string of the molecule is CCCC1(CNCc2ccc(F)cc2/C(N)=N/O)CC1. The topological polar surface area (TPSA) is 70.6 Å². The first-order chi connectivity index (χ1) is 9.60. The summed E-state index contributed by atoms with van der Waals surface area (Å²) in [6.45, 7) is 3.77. The fourth-order valence-corrected chi connectivity index (χ4v) is 2.68. The lowest BCUT2D eigenvalue weighted by molar-refractivity contribution is 0.318. The summed E-state index contributed by atoms with van der Waals surface area (Å²) >= 11 is 0. The van der Waals surface area contributed by atoms with E-state index < -0.39 is 0 Å². The molecule has 0 saturated heterocycles. The van der Waals surface area contributed by atoms with Crippen molar-refractivity contribution in [2.45, 2.75) is 39.2 Å². The second-order valence-electron chi connectivity index (χ2n) is 5.64. The Morgan fingerprint density at radius 3 is 2.85 bits per heavy atom. The van der Waals surface area contributed by atoms with Gasteiger partial charge in [-0.1, -0.05) is 24.6 Å². The van der Waals surface area contributed by atoms with Gasteiger partial charge in [0.1, 0.15) is 5.82 Å². The molecule has 1 aromatic rings. The van der Waals surface area contributed by atoms with Crippen molar-refractivity contribution in [2.24, 2.45) is 16.3 Å². The molecule has 0 heterocycles. The van der Waals surface area contributed by atoms with Crippen molar-refractivity contribution in [1.29, 1.82) is 0 Å². The minimum absolute atomic E-state index is 0.0593. The summed E-state index contributed by atoms with van der Waals surface area (Å²) in [4.78, 5) is 0. The Morgan fingerprint density at radius 2 is 2.25 bits per heavy atom. The highest BCUT2D eigenvalue weighted by atomic mass is 19.1. The molecule has 0 aromatic heterocycles. The second kappa shape index (κ2) is 6.22. The van der Waals surface area contributed by atoms with Crippen molar-refractivity contribution in [3.8, 4) is 0 Å². The molecule has 0 radical (unpaired) electrons. The summed E-state index contributed by atoms with van der Waals surface area (Å²) in [5.74, 6) is -0.448. The number of hydrogen-bond acceptors (Lipinski definition) is 3. The van der Waals surface area contributed by atoms with Gasteiger partial charge in [-0.3, -0.25) is 0 Å². The van der Waals surface area contributed by atoms with Crippen LogP contribution >= 0.6 is 0 Å².